The Hall–Kier alpha value is -2.08. The lowest BCUT2D eigenvalue weighted by molar-refractivity contribution is -0.122. The monoisotopic (exact) mass is 343 g/mol. The number of nitrogens with one attached hydrogen (secondary N) is 1. The highest BCUT2D eigenvalue weighted by Crippen LogP contribution is 2.28. The molecule has 6 heteroatoms. The minimum absolute atomic E-state index is 0.0899. The molecule has 1 fully saturated rings. The highest BCUT2D eigenvalue weighted by Gasteiger charge is 2.32. The number of hydrogen-bond acceptors (Lipinski definition) is 5. The fourth-order valence-electron chi connectivity index (χ4n) is 3.51. The van der Waals surface area contributed by atoms with Crippen LogP contribution in [-0.4, -0.2) is 36.6 Å². The van der Waals surface area contributed by atoms with Gasteiger partial charge in [0.1, 0.15) is 11.8 Å². The summed E-state index contributed by atoms with van der Waals surface area (Å²) >= 11 is 1.59. The van der Waals surface area contributed by atoms with Gasteiger partial charge in [-0.15, -0.1) is 11.3 Å². The van der Waals surface area contributed by atoms with Gasteiger partial charge in [-0.25, -0.2) is 4.98 Å². The zero-order chi connectivity index (χ0) is 16.4. The second kappa shape index (κ2) is 6.81. The Balaban J connectivity index is 1.34. The number of amides is 1. The van der Waals surface area contributed by atoms with Crippen molar-refractivity contribution in [1.82, 2.24) is 10.3 Å². The van der Waals surface area contributed by atoms with Gasteiger partial charge in [-0.05, 0) is 30.9 Å². The number of aromatic nitrogens is 1. The minimum atomic E-state index is -0.0899. The van der Waals surface area contributed by atoms with E-state index < -0.39 is 0 Å². The number of anilines is 1. The molecule has 1 N–H and O–H groups in total. The normalized spacial score (nSPS) is 22.8. The van der Waals surface area contributed by atoms with Crippen molar-refractivity contribution in [2.75, 3.05) is 24.6 Å². The lowest BCUT2D eigenvalue weighted by Crippen LogP contribution is -2.45. The van der Waals surface area contributed by atoms with E-state index in [0.717, 1.165) is 36.7 Å². The van der Waals surface area contributed by atoms with Gasteiger partial charge < -0.3 is 15.0 Å². The third-order valence-electron chi connectivity index (χ3n) is 4.74. The summed E-state index contributed by atoms with van der Waals surface area (Å²) in [5.74, 6) is 1.42. The second-order valence-corrected chi connectivity index (χ2v) is 7.27. The zero-order valence-electron chi connectivity index (χ0n) is 13.5. The summed E-state index contributed by atoms with van der Waals surface area (Å²) < 4.78 is 5.80. The van der Waals surface area contributed by atoms with Gasteiger partial charge in [-0.1, -0.05) is 18.2 Å². The summed E-state index contributed by atoms with van der Waals surface area (Å²) in [5, 5.41) is 6.04. The molecule has 2 aliphatic heterocycles. The van der Waals surface area contributed by atoms with Gasteiger partial charge in [0.15, 0.2) is 5.13 Å². The van der Waals surface area contributed by atoms with Crippen LogP contribution in [0.2, 0.25) is 0 Å². The van der Waals surface area contributed by atoms with Gasteiger partial charge >= 0.3 is 0 Å². The van der Waals surface area contributed by atoms with Crippen LogP contribution in [0.4, 0.5) is 5.13 Å². The number of benzene rings is 1. The number of thiazole rings is 1. The quantitative estimate of drug-likeness (QED) is 0.927. The molecule has 0 spiro atoms. The van der Waals surface area contributed by atoms with Gasteiger partial charge in [0.2, 0.25) is 5.91 Å². The average molecular weight is 343 g/mol. The Kier molecular flexibility index (Phi) is 4.38. The van der Waals surface area contributed by atoms with E-state index in [9.17, 15) is 4.79 Å². The molecule has 0 aliphatic carbocycles. The molecule has 4 rings (SSSR count). The Labute approximate surface area is 145 Å². The summed E-state index contributed by atoms with van der Waals surface area (Å²) in [6, 6.07) is 8.05. The van der Waals surface area contributed by atoms with Crippen LogP contribution in [0.25, 0.3) is 0 Å². The number of carbonyl (C=O) groups excluding carboxylic acids is 1. The maximum atomic E-state index is 12.6. The molecule has 0 bridgehead atoms. The van der Waals surface area contributed by atoms with E-state index in [0.29, 0.717) is 19.1 Å². The maximum absolute atomic E-state index is 12.6. The van der Waals surface area contributed by atoms with Crippen molar-refractivity contribution in [3.05, 3.63) is 41.4 Å². The van der Waals surface area contributed by atoms with Crippen molar-refractivity contribution >= 4 is 22.4 Å². The van der Waals surface area contributed by atoms with Crippen LogP contribution in [0.5, 0.6) is 5.75 Å². The molecule has 1 saturated heterocycles. The third kappa shape index (κ3) is 3.11. The summed E-state index contributed by atoms with van der Waals surface area (Å²) in [4.78, 5) is 19.1. The van der Waals surface area contributed by atoms with Gasteiger partial charge in [-0.3, -0.25) is 4.79 Å². The third-order valence-corrected chi connectivity index (χ3v) is 5.55. The van der Waals surface area contributed by atoms with Crippen molar-refractivity contribution in [3.8, 4) is 5.75 Å². The summed E-state index contributed by atoms with van der Waals surface area (Å²) in [5.41, 5.74) is 1.23. The van der Waals surface area contributed by atoms with Crippen molar-refractivity contribution < 1.29 is 9.53 Å². The number of fused-ring (bicyclic) bond motifs is 1. The minimum Gasteiger partial charge on any atom is -0.493 e. The molecule has 5 nitrogen and oxygen atoms in total. The van der Waals surface area contributed by atoms with Crippen LogP contribution in [0.1, 0.15) is 18.4 Å². The smallest absolute Gasteiger partial charge is 0.242 e. The van der Waals surface area contributed by atoms with Gasteiger partial charge in [0.25, 0.3) is 0 Å². The molecule has 0 radical (unpaired) electrons. The lowest BCUT2D eigenvalue weighted by Gasteiger charge is -2.27. The first kappa shape index (κ1) is 15.4. The largest absolute Gasteiger partial charge is 0.493 e. The molecule has 3 heterocycles. The van der Waals surface area contributed by atoms with Crippen LogP contribution in [0.3, 0.4) is 0 Å². The maximum Gasteiger partial charge on any atom is 0.242 e. The van der Waals surface area contributed by atoms with E-state index >= 15 is 0 Å². The summed E-state index contributed by atoms with van der Waals surface area (Å²) in [7, 11) is 0. The Morgan fingerprint density at radius 3 is 3.21 bits per heavy atom. The second-order valence-electron chi connectivity index (χ2n) is 6.40. The molecule has 1 aromatic carbocycles. The molecular formula is C18H21N3O2S. The van der Waals surface area contributed by atoms with Crippen molar-refractivity contribution in [3.63, 3.8) is 0 Å². The molecule has 2 unspecified atom stereocenters. The van der Waals surface area contributed by atoms with E-state index in [-0.39, 0.29) is 11.9 Å². The molecule has 1 amide bonds. The van der Waals surface area contributed by atoms with E-state index in [4.69, 9.17) is 4.74 Å². The fourth-order valence-corrected chi connectivity index (χ4v) is 4.23. The summed E-state index contributed by atoms with van der Waals surface area (Å²) in [6.45, 7) is 2.24. The molecular weight excluding hydrogens is 322 g/mol. The van der Waals surface area contributed by atoms with Crippen LogP contribution < -0.4 is 15.0 Å². The Bertz CT molecular complexity index is 704. The first-order valence-electron chi connectivity index (χ1n) is 8.46. The number of ether oxygens (including phenoxy) is 1. The number of nitrogens with zero attached hydrogens (tertiary/aromatic N) is 2. The zero-order valence-corrected chi connectivity index (χ0v) is 14.3. The molecule has 1 aromatic heterocycles. The lowest BCUT2D eigenvalue weighted by atomic mass is 9.96. The van der Waals surface area contributed by atoms with Crippen LogP contribution in [-0.2, 0) is 11.2 Å². The predicted octanol–water partition coefficient (Wildman–Crippen LogP) is 2.48. The predicted molar refractivity (Wildman–Crippen MR) is 94.6 cm³/mol. The molecule has 0 saturated carbocycles. The molecule has 2 aliphatic rings. The first-order chi connectivity index (χ1) is 11.8. The Morgan fingerprint density at radius 1 is 1.42 bits per heavy atom. The highest BCUT2D eigenvalue weighted by atomic mass is 32.1. The SMILES string of the molecule is O=C(NCC1COc2ccccc2C1)C1CCCN1c1nccs1. The number of rotatable bonds is 4. The highest BCUT2D eigenvalue weighted by molar-refractivity contribution is 7.13. The van der Waals surface area contributed by atoms with E-state index in [2.05, 4.69) is 21.3 Å². The average Bonchev–Trinajstić information content (AvgIpc) is 3.30. The molecule has 126 valence electrons. The van der Waals surface area contributed by atoms with Gasteiger partial charge in [-0.2, -0.15) is 0 Å². The molecule has 2 atom stereocenters. The van der Waals surface area contributed by atoms with Gasteiger partial charge in [0, 0.05) is 30.6 Å². The van der Waals surface area contributed by atoms with Crippen LogP contribution in [0, 0.1) is 5.92 Å². The van der Waals surface area contributed by atoms with Crippen molar-refractivity contribution in [2.45, 2.75) is 25.3 Å². The molecule has 24 heavy (non-hydrogen) atoms. The number of hydrogen-bond donors (Lipinski definition) is 1. The number of carbonyl (C=O) groups is 1. The van der Waals surface area contributed by atoms with Crippen LogP contribution in [0.15, 0.2) is 35.8 Å². The number of para-hydroxylation sites is 1. The van der Waals surface area contributed by atoms with Crippen LogP contribution >= 0.6 is 11.3 Å². The summed E-state index contributed by atoms with van der Waals surface area (Å²) in [6.07, 6.45) is 4.69. The topological polar surface area (TPSA) is 54.5 Å². The van der Waals surface area contributed by atoms with E-state index in [1.165, 1.54) is 5.56 Å². The van der Waals surface area contributed by atoms with E-state index in [1.807, 2.05) is 23.6 Å². The molecule has 2 aromatic rings. The van der Waals surface area contributed by atoms with Crippen molar-refractivity contribution in [1.29, 1.82) is 0 Å². The van der Waals surface area contributed by atoms with E-state index in [1.54, 1.807) is 17.5 Å². The fraction of sp³-hybridized carbons (Fsp3) is 0.444. The Morgan fingerprint density at radius 2 is 2.33 bits per heavy atom. The van der Waals surface area contributed by atoms with Crippen molar-refractivity contribution in [2.24, 2.45) is 5.92 Å². The standard InChI is InChI=1S/C18H21N3O2S/c22-17(15-5-3-8-21(15)18-19-7-9-24-18)20-11-13-10-14-4-1-2-6-16(14)23-12-13/h1-2,4,6-7,9,13,15H,3,5,8,10-12H2,(H,20,22). The first-order valence-corrected chi connectivity index (χ1v) is 9.34. The van der Waals surface area contributed by atoms with Gasteiger partial charge in [0.05, 0.1) is 6.61 Å².